The minimum Gasteiger partial charge on any atom is -0.349 e. The molecule has 1 fully saturated rings. The highest BCUT2D eigenvalue weighted by Crippen LogP contribution is 2.39. The lowest BCUT2D eigenvalue weighted by molar-refractivity contribution is -0.122. The number of anilines is 1. The van der Waals surface area contributed by atoms with Gasteiger partial charge >= 0.3 is 0 Å². The Balaban J connectivity index is 1.60. The summed E-state index contributed by atoms with van der Waals surface area (Å²) >= 11 is 1.16. The van der Waals surface area contributed by atoms with E-state index in [0.717, 1.165) is 29.7 Å². The average molecular weight is 394 g/mol. The van der Waals surface area contributed by atoms with Crippen LogP contribution in [0.3, 0.4) is 0 Å². The number of rotatable bonds is 8. The number of benzene rings is 1. The largest absolute Gasteiger partial charge is 0.349 e. The summed E-state index contributed by atoms with van der Waals surface area (Å²) in [7, 11) is -3.56. The standard InChI is InChI=1S/C18H23N3O3S2/c1-18(12-19,14-6-7-14)20-16(22)11-13-4-8-15(9-5-13)21-26(23,24)17-3-2-10-25-17/h2-5,8-10,14,21H,6-7,11-12,19H2,1H3,(H,20,22). The number of hydrogen-bond acceptors (Lipinski definition) is 5. The lowest BCUT2D eigenvalue weighted by Crippen LogP contribution is -2.53. The van der Waals surface area contributed by atoms with Crippen molar-refractivity contribution in [2.45, 2.75) is 35.9 Å². The molecule has 2 aromatic rings. The molecule has 3 rings (SSSR count). The first-order chi connectivity index (χ1) is 12.3. The van der Waals surface area contributed by atoms with E-state index in [1.807, 2.05) is 6.92 Å². The fraction of sp³-hybridized carbons (Fsp3) is 0.389. The van der Waals surface area contributed by atoms with Crippen molar-refractivity contribution < 1.29 is 13.2 Å². The van der Waals surface area contributed by atoms with Crippen molar-refractivity contribution in [3.63, 3.8) is 0 Å². The third kappa shape index (κ3) is 4.44. The van der Waals surface area contributed by atoms with Crippen LogP contribution < -0.4 is 15.8 Å². The summed E-state index contributed by atoms with van der Waals surface area (Å²) in [6, 6.07) is 10.1. The summed E-state index contributed by atoms with van der Waals surface area (Å²) < 4.78 is 27.2. The number of thiophene rings is 1. The van der Waals surface area contributed by atoms with Crippen LogP contribution in [0.4, 0.5) is 5.69 Å². The first-order valence-corrected chi connectivity index (χ1v) is 10.8. The van der Waals surface area contributed by atoms with Gasteiger partial charge < -0.3 is 11.1 Å². The highest BCUT2D eigenvalue weighted by Gasteiger charge is 2.41. The normalized spacial score (nSPS) is 16.7. The van der Waals surface area contributed by atoms with Crippen LogP contribution in [0.2, 0.25) is 0 Å². The molecule has 0 radical (unpaired) electrons. The van der Waals surface area contributed by atoms with Gasteiger partial charge in [-0.1, -0.05) is 18.2 Å². The summed E-state index contributed by atoms with van der Waals surface area (Å²) in [5.41, 5.74) is 6.77. The van der Waals surface area contributed by atoms with Crippen molar-refractivity contribution in [3.8, 4) is 0 Å². The van der Waals surface area contributed by atoms with E-state index in [-0.39, 0.29) is 22.1 Å². The maximum absolute atomic E-state index is 12.3. The molecule has 1 aromatic carbocycles. The highest BCUT2D eigenvalue weighted by atomic mass is 32.2. The third-order valence-electron chi connectivity index (χ3n) is 4.66. The van der Waals surface area contributed by atoms with Gasteiger partial charge in [0.15, 0.2) is 0 Å². The molecule has 0 spiro atoms. The van der Waals surface area contributed by atoms with Crippen molar-refractivity contribution in [3.05, 3.63) is 47.3 Å². The van der Waals surface area contributed by atoms with Crippen LogP contribution in [-0.2, 0) is 21.2 Å². The second-order valence-electron chi connectivity index (χ2n) is 6.86. The molecule has 0 aliphatic heterocycles. The molecule has 1 aliphatic rings. The summed E-state index contributed by atoms with van der Waals surface area (Å²) in [4.78, 5) is 12.3. The molecule has 0 saturated heterocycles. The summed E-state index contributed by atoms with van der Waals surface area (Å²) in [5.74, 6) is 0.391. The van der Waals surface area contributed by atoms with E-state index in [1.54, 1.807) is 41.8 Å². The first-order valence-electron chi connectivity index (χ1n) is 8.49. The molecule has 4 N–H and O–H groups in total. The predicted molar refractivity (Wildman–Crippen MR) is 104 cm³/mol. The molecular weight excluding hydrogens is 370 g/mol. The van der Waals surface area contributed by atoms with Gasteiger partial charge in [0, 0.05) is 12.2 Å². The zero-order valence-electron chi connectivity index (χ0n) is 14.6. The van der Waals surface area contributed by atoms with Gasteiger partial charge in [-0.2, -0.15) is 0 Å². The van der Waals surface area contributed by atoms with Crippen LogP contribution in [0.1, 0.15) is 25.3 Å². The summed E-state index contributed by atoms with van der Waals surface area (Å²) in [6.07, 6.45) is 2.44. The molecule has 1 atom stereocenters. The Bertz CT molecular complexity index is 860. The Labute approximate surface area is 157 Å². The number of nitrogens with two attached hydrogens (primary N) is 1. The van der Waals surface area contributed by atoms with Gasteiger partial charge in [0.1, 0.15) is 4.21 Å². The van der Waals surface area contributed by atoms with Crippen molar-refractivity contribution >= 4 is 33.0 Å². The van der Waals surface area contributed by atoms with Gasteiger partial charge in [-0.15, -0.1) is 11.3 Å². The molecule has 8 heteroatoms. The maximum atomic E-state index is 12.3. The van der Waals surface area contributed by atoms with Crippen molar-refractivity contribution in [2.75, 3.05) is 11.3 Å². The van der Waals surface area contributed by atoms with Gasteiger partial charge in [-0.3, -0.25) is 9.52 Å². The summed E-state index contributed by atoms with van der Waals surface area (Å²) in [6.45, 7) is 2.41. The van der Waals surface area contributed by atoms with Crippen LogP contribution in [0.5, 0.6) is 0 Å². The number of amides is 1. The lowest BCUT2D eigenvalue weighted by Gasteiger charge is -2.29. The molecule has 140 valence electrons. The van der Waals surface area contributed by atoms with E-state index < -0.39 is 10.0 Å². The summed E-state index contributed by atoms with van der Waals surface area (Å²) in [5, 5.41) is 4.77. The molecule has 1 heterocycles. The minimum absolute atomic E-state index is 0.0724. The number of carbonyl (C=O) groups excluding carboxylic acids is 1. The Morgan fingerprint density at radius 2 is 1.96 bits per heavy atom. The van der Waals surface area contributed by atoms with Crippen molar-refractivity contribution in [2.24, 2.45) is 11.7 Å². The maximum Gasteiger partial charge on any atom is 0.271 e. The monoisotopic (exact) mass is 393 g/mol. The molecule has 1 unspecified atom stereocenters. The molecule has 1 amide bonds. The molecule has 6 nitrogen and oxygen atoms in total. The number of hydrogen-bond donors (Lipinski definition) is 3. The highest BCUT2D eigenvalue weighted by molar-refractivity contribution is 7.94. The van der Waals surface area contributed by atoms with Crippen LogP contribution in [0.25, 0.3) is 0 Å². The second-order valence-corrected chi connectivity index (χ2v) is 9.71. The SMILES string of the molecule is CC(CN)(NC(=O)Cc1ccc(NS(=O)(=O)c2cccs2)cc1)C1CC1. The number of nitrogens with one attached hydrogen (secondary N) is 2. The van der Waals surface area contributed by atoms with Crippen LogP contribution in [-0.4, -0.2) is 26.4 Å². The average Bonchev–Trinajstić information content (AvgIpc) is 3.31. The zero-order chi connectivity index (χ0) is 18.8. The topological polar surface area (TPSA) is 101 Å². The molecule has 1 aromatic heterocycles. The Morgan fingerprint density at radius 3 is 2.50 bits per heavy atom. The van der Waals surface area contributed by atoms with E-state index in [9.17, 15) is 13.2 Å². The predicted octanol–water partition coefficient (Wildman–Crippen LogP) is 2.33. The number of sulfonamides is 1. The van der Waals surface area contributed by atoms with Gasteiger partial charge in [0.25, 0.3) is 10.0 Å². The molecular formula is C18H23N3O3S2. The van der Waals surface area contributed by atoms with Gasteiger partial charge in [0.2, 0.25) is 5.91 Å². The Morgan fingerprint density at radius 1 is 1.27 bits per heavy atom. The van der Waals surface area contributed by atoms with Gasteiger partial charge in [-0.25, -0.2) is 8.42 Å². The zero-order valence-corrected chi connectivity index (χ0v) is 16.2. The molecule has 0 bridgehead atoms. The lowest BCUT2D eigenvalue weighted by atomic mass is 9.95. The van der Waals surface area contributed by atoms with Crippen molar-refractivity contribution in [1.29, 1.82) is 0 Å². The van der Waals surface area contributed by atoms with Crippen LogP contribution in [0, 0.1) is 5.92 Å². The van der Waals surface area contributed by atoms with Crippen LogP contribution in [0.15, 0.2) is 46.0 Å². The second kappa shape index (κ2) is 7.38. The smallest absolute Gasteiger partial charge is 0.271 e. The molecule has 1 aliphatic carbocycles. The van der Waals surface area contributed by atoms with E-state index in [2.05, 4.69) is 10.0 Å². The Hall–Kier alpha value is -1.90. The van der Waals surface area contributed by atoms with Gasteiger partial charge in [0.05, 0.1) is 12.0 Å². The van der Waals surface area contributed by atoms with E-state index in [4.69, 9.17) is 5.73 Å². The van der Waals surface area contributed by atoms with E-state index in [0.29, 0.717) is 18.2 Å². The molecule has 1 saturated carbocycles. The van der Waals surface area contributed by atoms with Gasteiger partial charge in [-0.05, 0) is 54.8 Å². The third-order valence-corrected chi connectivity index (χ3v) is 7.44. The minimum atomic E-state index is -3.56. The van der Waals surface area contributed by atoms with E-state index in [1.165, 1.54) is 0 Å². The van der Waals surface area contributed by atoms with Crippen molar-refractivity contribution in [1.82, 2.24) is 5.32 Å². The fourth-order valence-electron chi connectivity index (χ4n) is 2.90. The number of carbonyl (C=O) groups is 1. The fourth-order valence-corrected chi connectivity index (χ4v) is 4.95. The van der Waals surface area contributed by atoms with Crippen LogP contribution >= 0.6 is 11.3 Å². The quantitative estimate of drug-likeness (QED) is 0.641. The Kier molecular flexibility index (Phi) is 5.36. The first kappa shape index (κ1) is 18.9. The van der Waals surface area contributed by atoms with E-state index >= 15 is 0 Å². The molecule has 26 heavy (non-hydrogen) atoms.